The van der Waals surface area contributed by atoms with Crippen molar-refractivity contribution in [3.63, 3.8) is 0 Å². The second-order valence-electron chi connectivity index (χ2n) is 5.94. The monoisotopic (exact) mass is 339 g/mol. The van der Waals surface area contributed by atoms with E-state index in [1.807, 2.05) is 6.92 Å². The molecule has 1 aromatic carbocycles. The van der Waals surface area contributed by atoms with Crippen LogP contribution in [0.3, 0.4) is 0 Å². The fraction of sp³-hybridized carbons (Fsp3) is 0.588. The maximum atomic E-state index is 10.4. The van der Waals surface area contributed by atoms with Gasteiger partial charge < -0.3 is 0 Å². The predicted octanol–water partition coefficient (Wildman–Crippen LogP) is 3.93. The molecule has 1 aromatic rings. The van der Waals surface area contributed by atoms with E-state index in [0.29, 0.717) is 19.8 Å². The van der Waals surface area contributed by atoms with Crippen molar-refractivity contribution in [2.75, 3.05) is 0 Å². The van der Waals surface area contributed by atoms with Crippen molar-refractivity contribution in [3.8, 4) is 0 Å². The van der Waals surface area contributed by atoms with Crippen LogP contribution < -0.4 is 0 Å². The Kier molecular flexibility index (Phi) is 5.42. The van der Waals surface area contributed by atoms with Gasteiger partial charge in [0.2, 0.25) is 0 Å². The summed E-state index contributed by atoms with van der Waals surface area (Å²) in [4.78, 5) is 5.22. The van der Waals surface area contributed by atoms with Crippen LogP contribution in [0.2, 0.25) is 4.82 Å². The Balaban J connectivity index is 2.11. The van der Waals surface area contributed by atoms with Crippen molar-refractivity contribution in [1.82, 2.24) is 0 Å². The zero-order chi connectivity index (χ0) is 14.6. The Bertz CT molecular complexity index is 464. The quantitative estimate of drug-likeness (QED) is 0.640. The first-order valence-corrected chi connectivity index (χ1v) is 9.40. The summed E-state index contributed by atoms with van der Waals surface area (Å²) in [7, 11) is 0. The van der Waals surface area contributed by atoms with Crippen LogP contribution in [-0.2, 0) is 0 Å². The van der Waals surface area contributed by atoms with E-state index in [2.05, 4.69) is 43.1 Å². The van der Waals surface area contributed by atoms with Crippen LogP contribution in [0, 0.1) is 6.92 Å². The first-order valence-electron chi connectivity index (χ1n) is 7.56. The SMILES string of the molecule is CCCCC[C@H]1C[C@@](C)(O)N=C(c2ccc(C)cc2)[Se]1. The number of hydrogen-bond acceptors (Lipinski definition) is 2. The first kappa shape index (κ1) is 15.8. The Morgan fingerprint density at radius 1 is 1.30 bits per heavy atom. The average molecular weight is 338 g/mol. The molecule has 0 fully saturated rings. The molecule has 0 saturated carbocycles. The van der Waals surface area contributed by atoms with E-state index < -0.39 is 5.72 Å². The topological polar surface area (TPSA) is 32.6 Å². The molecule has 1 aliphatic heterocycles. The molecule has 0 saturated heterocycles. The molecule has 3 heteroatoms. The number of hydrogen-bond donors (Lipinski definition) is 1. The van der Waals surface area contributed by atoms with E-state index in [-0.39, 0.29) is 0 Å². The van der Waals surface area contributed by atoms with Crippen molar-refractivity contribution in [3.05, 3.63) is 35.4 Å². The number of aliphatic hydroxyl groups is 1. The molecule has 0 radical (unpaired) electrons. The number of aryl methyl sites for hydroxylation is 1. The minimum absolute atomic E-state index is 0.380. The summed E-state index contributed by atoms with van der Waals surface area (Å²) in [5.74, 6) is 0. The molecule has 0 aromatic heterocycles. The van der Waals surface area contributed by atoms with E-state index in [1.165, 1.54) is 36.8 Å². The Labute approximate surface area is 128 Å². The third-order valence-electron chi connectivity index (χ3n) is 3.66. The van der Waals surface area contributed by atoms with Crippen LogP contribution >= 0.6 is 0 Å². The van der Waals surface area contributed by atoms with E-state index in [0.717, 1.165) is 11.0 Å². The number of aliphatic imine (C=N–C) groups is 1. The number of rotatable bonds is 5. The normalized spacial score (nSPS) is 26.4. The van der Waals surface area contributed by atoms with Gasteiger partial charge in [-0.05, 0) is 0 Å². The molecule has 1 aliphatic rings. The molecule has 2 atom stereocenters. The molecule has 0 spiro atoms. The summed E-state index contributed by atoms with van der Waals surface area (Å²) >= 11 is 0.380. The van der Waals surface area contributed by atoms with Crippen LogP contribution in [-0.4, -0.2) is 30.4 Å². The van der Waals surface area contributed by atoms with Gasteiger partial charge in [0, 0.05) is 0 Å². The van der Waals surface area contributed by atoms with Crippen LogP contribution in [0.15, 0.2) is 29.3 Å². The fourth-order valence-electron chi connectivity index (χ4n) is 2.53. The van der Waals surface area contributed by atoms with Crippen molar-refractivity contribution in [2.24, 2.45) is 4.99 Å². The van der Waals surface area contributed by atoms with Crippen molar-refractivity contribution >= 4 is 19.6 Å². The zero-order valence-electron chi connectivity index (χ0n) is 12.7. The van der Waals surface area contributed by atoms with Gasteiger partial charge in [0.1, 0.15) is 0 Å². The number of benzene rings is 1. The van der Waals surface area contributed by atoms with Crippen molar-refractivity contribution < 1.29 is 5.11 Å². The summed E-state index contributed by atoms with van der Waals surface area (Å²) in [6.07, 6.45) is 5.89. The van der Waals surface area contributed by atoms with Crippen molar-refractivity contribution in [1.29, 1.82) is 0 Å². The third-order valence-corrected chi connectivity index (χ3v) is 6.36. The first-order chi connectivity index (χ1) is 9.50. The predicted molar refractivity (Wildman–Crippen MR) is 86.6 cm³/mol. The molecule has 110 valence electrons. The van der Waals surface area contributed by atoms with Gasteiger partial charge in [0.25, 0.3) is 0 Å². The molecule has 1 N–H and O–H groups in total. The van der Waals surface area contributed by atoms with Gasteiger partial charge >= 0.3 is 128 Å². The summed E-state index contributed by atoms with van der Waals surface area (Å²) in [5, 5.41) is 10.4. The fourth-order valence-corrected chi connectivity index (χ4v) is 5.72. The Morgan fingerprint density at radius 3 is 2.65 bits per heavy atom. The molecular formula is C17H25NOSe. The van der Waals surface area contributed by atoms with Gasteiger partial charge in [-0.15, -0.1) is 0 Å². The van der Waals surface area contributed by atoms with Gasteiger partial charge in [-0.3, -0.25) is 0 Å². The molecule has 0 bridgehead atoms. The second-order valence-corrected chi connectivity index (χ2v) is 8.64. The molecule has 1 heterocycles. The van der Waals surface area contributed by atoms with E-state index in [9.17, 15) is 5.11 Å². The zero-order valence-corrected chi connectivity index (χ0v) is 14.4. The molecule has 0 unspecified atom stereocenters. The van der Waals surface area contributed by atoms with E-state index in [1.54, 1.807) is 0 Å². The van der Waals surface area contributed by atoms with Gasteiger partial charge in [0.15, 0.2) is 0 Å². The molecule has 2 nitrogen and oxygen atoms in total. The average Bonchev–Trinajstić information content (AvgIpc) is 2.38. The Morgan fingerprint density at radius 2 is 2.00 bits per heavy atom. The number of unbranched alkanes of at least 4 members (excludes halogenated alkanes) is 2. The minimum atomic E-state index is -0.878. The summed E-state index contributed by atoms with van der Waals surface area (Å²) in [6.45, 7) is 6.19. The van der Waals surface area contributed by atoms with Crippen LogP contribution in [0.5, 0.6) is 0 Å². The molecular weight excluding hydrogens is 313 g/mol. The van der Waals surface area contributed by atoms with Gasteiger partial charge in [-0.25, -0.2) is 0 Å². The Hall–Kier alpha value is -0.631. The number of nitrogens with zero attached hydrogens (tertiary/aromatic N) is 1. The summed E-state index contributed by atoms with van der Waals surface area (Å²) in [6, 6.07) is 8.54. The second kappa shape index (κ2) is 6.89. The standard InChI is InChI=1S/C17H25NOSe/c1-4-5-6-7-15-12-17(3,19)18-16(20-15)14-10-8-13(2)9-11-14/h8-11,15,19H,4-7,12H2,1-3H3/t15-,17+/m0/s1. The summed E-state index contributed by atoms with van der Waals surface area (Å²) < 4.78 is 1.13. The van der Waals surface area contributed by atoms with Gasteiger partial charge in [-0.1, -0.05) is 0 Å². The van der Waals surface area contributed by atoms with Crippen LogP contribution in [0.4, 0.5) is 0 Å². The van der Waals surface area contributed by atoms with E-state index in [4.69, 9.17) is 0 Å². The molecule has 20 heavy (non-hydrogen) atoms. The van der Waals surface area contributed by atoms with Crippen molar-refractivity contribution in [2.45, 2.75) is 63.4 Å². The summed E-state index contributed by atoms with van der Waals surface area (Å²) in [5.41, 5.74) is 1.58. The third kappa shape index (κ3) is 4.44. The van der Waals surface area contributed by atoms with Crippen LogP contribution in [0.1, 0.15) is 57.1 Å². The maximum absolute atomic E-state index is 10.4. The van der Waals surface area contributed by atoms with Gasteiger partial charge in [0.05, 0.1) is 0 Å². The van der Waals surface area contributed by atoms with Gasteiger partial charge in [-0.2, -0.15) is 0 Å². The van der Waals surface area contributed by atoms with E-state index >= 15 is 0 Å². The van der Waals surface area contributed by atoms with Crippen LogP contribution in [0.25, 0.3) is 0 Å². The molecule has 0 amide bonds. The molecule has 0 aliphatic carbocycles. The molecule has 2 rings (SSSR count).